The molecule has 1 heterocycles. The van der Waals surface area contributed by atoms with Gasteiger partial charge in [-0.25, -0.2) is 0 Å². The average molecular weight is 269 g/mol. The third-order valence-electron chi connectivity index (χ3n) is 2.98. The van der Waals surface area contributed by atoms with Gasteiger partial charge in [0.25, 0.3) is 0 Å². The zero-order valence-electron chi connectivity index (χ0n) is 10.3. The van der Waals surface area contributed by atoms with Gasteiger partial charge in [0, 0.05) is 10.6 Å². The van der Waals surface area contributed by atoms with E-state index in [1.807, 2.05) is 6.07 Å². The highest BCUT2D eigenvalue weighted by atomic mass is 35.5. The van der Waals surface area contributed by atoms with Crippen molar-refractivity contribution in [2.24, 2.45) is 5.73 Å². The van der Waals surface area contributed by atoms with Crippen molar-refractivity contribution in [1.82, 2.24) is 5.32 Å². The molecule has 0 fully saturated rings. The van der Waals surface area contributed by atoms with E-state index in [9.17, 15) is 4.79 Å². The number of nitrogens with one attached hydrogen (secondary N) is 1. The molecule has 0 spiro atoms. The van der Waals surface area contributed by atoms with Gasteiger partial charge < -0.3 is 15.8 Å². The van der Waals surface area contributed by atoms with Crippen LogP contribution in [0.1, 0.15) is 31.4 Å². The Hall–Kier alpha value is -1.26. The number of carbonyl (C=O) groups excluding carboxylic acids is 1. The van der Waals surface area contributed by atoms with E-state index in [1.165, 1.54) is 0 Å². The lowest BCUT2D eigenvalue weighted by atomic mass is 10.0. The second-order valence-electron chi connectivity index (χ2n) is 4.52. The topological polar surface area (TPSA) is 64.4 Å². The normalized spacial score (nSPS) is 20.3. The van der Waals surface area contributed by atoms with Crippen LogP contribution in [0.4, 0.5) is 0 Å². The zero-order chi connectivity index (χ0) is 13.1. The van der Waals surface area contributed by atoms with Crippen molar-refractivity contribution in [1.29, 1.82) is 0 Å². The van der Waals surface area contributed by atoms with Crippen molar-refractivity contribution in [3.63, 3.8) is 0 Å². The number of hydrogen-bond acceptors (Lipinski definition) is 3. The van der Waals surface area contributed by atoms with Crippen LogP contribution in [0.25, 0.3) is 0 Å². The van der Waals surface area contributed by atoms with Gasteiger partial charge in [-0.1, -0.05) is 17.7 Å². The van der Waals surface area contributed by atoms with Gasteiger partial charge >= 0.3 is 0 Å². The SMILES string of the molecule is CC(N)C(=O)NC1CCCOc2cc(Cl)ccc21. The van der Waals surface area contributed by atoms with Gasteiger partial charge in [-0.05, 0) is 31.9 Å². The molecule has 18 heavy (non-hydrogen) atoms. The first kappa shape index (κ1) is 13.2. The predicted molar refractivity (Wildman–Crippen MR) is 70.7 cm³/mol. The Balaban J connectivity index is 2.24. The Labute approximate surface area is 111 Å². The molecule has 1 aliphatic heterocycles. The minimum atomic E-state index is -0.509. The summed E-state index contributed by atoms with van der Waals surface area (Å²) >= 11 is 5.95. The number of nitrogens with two attached hydrogens (primary N) is 1. The lowest BCUT2D eigenvalue weighted by molar-refractivity contribution is -0.122. The van der Waals surface area contributed by atoms with Crippen LogP contribution < -0.4 is 15.8 Å². The summed E-state index contributed by atoms with van der Waals surface area (Å²) in [6, 6.07) is 4.92. The predicted octanol–water partition coefficient (Wildman–Crippen LogP) is 2.02. The van der Waals surface area contributed by atoms with Crippen molar-refractivity contribution in [3.05, 3.63) is 28.8 Å². The number of benzene rings is 1. The lowest BCUT2D eigenvalue weighted by Gasteiger charge is -2.19. The summed E-state index contributed by atoms with van der Waals surface area (Å²) in [5.41, 5.74) is 6.54. The van der Waals surface area contributed by atoms with Crippen molar-refractivity contribution in [3.8, 4) is 5.75 Å². The smallest absolute Gasteiger partial charge is 0.237 e. The summed E-state index contributed by atoms with van der Waals surface area (Å²) in [6.07, 6.45) is 1.73. The fraction of sp³-hybridized carbons (Fsp3) is 0.462. The molecule has 0 saturated carbocycles. The molecule has 2 rings (SSSR count). The third-order valence-corrected chi connectivity index (χ3v) is 3.21. The fourth-order valence-electron chi connectivity index (χ4n) is 2.00. The van der Waals surface area contributed by atoms with Crippen LogP contribution in [0.5, 0.6) is 5.75 Å². The maximum absolute atomic E-state index is 11.7. The van der Waals surface area contributed by atoms with Gasteiger partial charge in [0.2, 0.25) is 5.91 Å². The first-order valence-corrected chi connectivity index (χ1v) is 6.44. The molecule has 1 aliphatic rings. The Kier molecular flexibility index (Phi) is 4.09. The quantitative estimate of drug-likeness (QED) is 0.862. The minimum absolute atomic E-state index is 0.0572. The van der Waals surface area contributed by atoms with Crippen LogP contribution in [0, 0.1) is 0 Å². The van der Waals surface area contributed by atoms with E-state index in [2.05, 4.69) is 5.32 Å². The first-order chi connectivity index (χ1) is 8.58. The second kappa shape index (κ2) is 5.59. The summed E-state index contributed by atoms with van der Waals surface area (Å²) < 4.78 is 5.63. The van der Waals surface area contributed by atoms with E-state index < -0.39 is 6.04 Å². The highest BCUT2D eigenvalue weighted by molar-refractivity contribution is 6.30. The van der Waals surface area contributed by atoms with Crippen LogP contribution in [0.2, 0.25) is 5.02 Å². The van der Waals surface area contributed by atoms with Crippen LogP contribution >= 0.6 is 11.6 Å². The molecule has 0 aromatic heterocycles. The average Bonchev–Trinajstić information content (AvgIpc) is 2.51. The fourth-order valence-corrected chi connectivity index (χ4v) is 2.16. The van der Waals surface area contributed by atoms with Crippen molar-refractivity contribution in [2.75, 3.05) is 6.61 Å². The van der Waals surface area contributed by atoms with E-state index in [1.54, 1.807) is 19.1 Å². The number of fused-ring (bicyclic) bond motifs is 1. The van der Waals surface area contributed by atoms with Crippen LogP contribution in [0.3, 0.4) is 0 Å². The number of carbonyl (C=O) groups is 1. The molecule has 1 amide bonds. The maximum Gasteiger partial charge on any atom is 0.237 e. The molecule has 5 heteroatoms. The standard InChI is InChI=1S/C13H17ClN2O2/c1-8(15)13(17)16-11-3-2-6-18-12-7-9(14)4-5-10(11)12/h4-5,7-8,11H,2-3,6,15H2,1H3,(H,16,17). The third kappa shape index (κ3) is 2.94. The highest BCUT2D eigenvalue weighted by Crippen LogP contribution is 2.33. The molecular weight excluding hydrogens is 252 g/mol. The summed E-state index contributed by atoms with van der Waals surface area (Å²) in [7, 11) is 0. The lowest BCUT2D eigenvalue weighted by Crippen LogP contribution is -2.40. The summed E-state index contributed by atoms with van der Waals surface area (Å²) in [6.45, 7) is 2.31. The second-order valence-corrected chi connectivity index (χ2v) is 4.96. The molecule has 2 atom stereocenters. The zero-order valence-corrected chi connectivity index (χ0v) is 11.0. The Bertz CT molecular complexity index is 449. The molecule has 4 nitrogen and oxygen atoms in total. The molecule has 0 bridgehead atoms. The Morgan fingerprint density at radius 1 is 1.61 bits per heavy atom. The molecule has 98 valence electrons. The summed E-state index contributed by atoms with van der Waals surface area (Å²) in [4.78, 5) is 11.7. The van der Waals surface area contributed by atoms with Gasteiger partial charge in [-0.2, -0.15) is 0 Å². The van der Waals surface area contributed by atoms with E-state index >= 15 is 0 Å². The van der Waals surface area contributed by atoms with E-state index in [-0.39, 0.29) is 11.9 Å². The van der Waals surface area contributed by atoms with Gasteiger partial charge in [0.1, 0.15) is 5.75 Å². The molecule has 3 N–H and O–H groups in total. The number of halogens is 1. The van der Waals surface area contributed by atoms with E-state index in [0.29, 0.717) is 11.6 Å². The van der Waals surface area contributed by atoms with Gasteiger partial charge in [-0.3, -0.25) is 4.79 Å². The van der Waals surface area contributed by atoms with Gasteiger partial charge in [0.05, 0.1) is 18.7 Å². The van der Waals surface area contributed by atoms with Crippen molar-refractivity contribution in [2.45, 2.75) is 31.8 Å². The number of hydrogen-bond donors (Lipinski definition) is 2. The van der Waals surface area contributed by atoms with Crippen molar-refractivity contribution < 1.29 is 9.53 Å². The molecule has 1 aromatic carbocycles. The van der Waals surface area contributed by atoms with Crippen LogP contribution in [-0.4, -0.2) is 18.6 Å². The Morgan fingerprint density at radius 2 is 2.39 bits per heavy atom. The van der Waals surface area contributed by atoms with Crippen LogP contribution in [0.15, 0.2) is 18.2 Å². The number of amides is 1. The van der Waals surface area contributed by atoms with E-state index in [0.717, 1.165) is 24.2 Å². The number of rotatable bonds is 2. The highest BCUT2D eigenvalue weighted by Gasteiger charge is 2.22. The van der Waals surface area contributed by atoms with Crippen LogP contribution in [-0.2, 0) is 4.79 Å². The monoisotopic (exact) mass is 268 g/mol. The van der Waals surface area contributed by atoms with E-state index in [4.69, 9.17) is 22.1 Å². The minimum Gasteiger partial charge on any atom is -0.493 e. The molecule has 1 aromatic rings. The molecule has 0 aliphatic carbocycles. The number of ether oxygens (including phenoxy) is 1. The largest absolute Gasteiger partial charge is 0.493 e. The molecule has 0 radical (unpaired) electrons. The Morgan fingerprint density at radius 3 is 3.11 bits per heavy atom. The maximum atomic E-state index is 11.7. The summed E-state index contributed by atoms with van der Waals surface area (Å²) in [5.74, 6) is 0.595. The van der Waals surface area contributed by atoms with Gasteiger partial charge in [-0.15, -0.1) is 0 Å². The molecule has 0 saturated heterocycles. The van der Waals surface area contributed by atoms with Gasteiger partial charge in [0.15, 0.2) is 0 Å². The summed E-state index contributed by atoms with van der Waals surface area (Å²) in [5, 5.41) is 3.58. The van der Waals surface area contributed by atoms with Crippen molar-refractivity contribution >= 4 is 17.5 Å². The molecular formula is C13H17ClN2O2. The molecule has 2 unspecified atom stereocenters. The first-order valence-electron chi connectivity index (χ1n) is 6.06.